The number of carbonyl (C=O) groups is 2. The summed E-state index contributed by atoms with van der Waals surface area (Å²) in [6.07, 6.45) is -2.76. The number of hydrogen-bond donors (Lipinski definition) is 2. The number of rotatable bonds is 6. The standard InChI is InChI=1S/C27H28F3N3O4/c1-15(34)31-9-10-33-20-14-18(28)19(11-16(20)12-23(33)25(2,3)4)32-24(35)26(7-8-26)17-5-6-21-22(13-17)37-27(29,30)36-21/h5-6,11-14H,7-10H2,1-4H3,(H,31,34)(H,32,35). The van der Waals surface area contributed by atoms with Gasteiger partial charge in [-0.25, -0.2) is 4.39 Å². The van der Waals surface area contributed by atoms with E-state index in [1.165, 1.54) is 25.1 Å². The number of halogens is 3. The van der Waals surface area contributed by atoms with Gasteiger partial charge in [0.2, 0.25) is 11.8 Å². The van der Waals surface area contributed by atoms with Gasteiger partial charge in [0.15, 0.2) is 11.5 Å². The normalized spacial score (nSPS) is 17.1. The summed E-state index contributed by atoms with van der Waals surface area (Å²) in [5.74, 6) is -1.39. The van der Waals surface area contributed by atoms with Crippen LogP contribution in [0.25, 0.3) is 10.9 Å². The molecule has 2 heterocycles. The second-order valence-corrected chi connectivity index (χ2v) is 10.7. The molecule has 3 aromatic rings. The van der Waals surface area contributed by atoms with E-state index in [4.69, 9.17) is 0 Å². The van der Waals surface area contributed by atoms with E-state index in [2.05, 4.69) is 20.1 Å². The fourth-order valence-corrected chi connectivity index (χ4v) is 4.85. The summed E-state index contributed by atoms with van der Waals surface area (Å²) < 4.78 is 53.1. The van der Waals surface area contributed by atoms with Crippen molar-refractivity contribution in [3.05, 3.63) is 53.5 Å². The molecule has 0 unspecified atom stereocenters. The first-order valence-corrected chi connectivity index (χ1v) is 12.1. The number of ether oxygens (including phenoxy) is 2. The van der Waals surface area contributed by atoms with Gasteiger partial charge in [-0.05, 0) is 42.7 Å². The number of alkyl halides is 2. The topological polar surface area (TPSA) is 81.6 Å². The molecule has 0 atom stereocenters. The van der Waals surface area contributed by atoms with Crippen LogP contribution < -0.4 is 20.1 Å². The number of hydrogen-bond acceptors (Lipinski definition) is 4. The van der Waals surface area contributed by atoms with E-state index in [1.807, 2.05) is 31.4 Å². The highest BCUT2D eigenvalue weighted by molar-refractivity contribution is 6.03. The third-order valence-electron chi connectivity index (χ3n) is 6.85. The number of nitrogens with zero attached hydrogens (tertiary/aromatic N) is 1. The molecule has 10 heteroatoms. The zero-order valence-corrected chi connectivity index (χ0v) is 21.0. The minimum Gasteiger partial charge on any atom is -0.395 e. The van der Waals surface area contributed by atoms with E-state index in [1.54, 1.807) is 12.1 Å². The first kappa shape index (κ1) is 25.0. The Morgan fingerprint density at radius 3 is 2.41 bits per heavy atom. The lowest BCUT2D eigenvalue weighted by Gasteiger charge is -2.22. The molecule has 1 saturated carbocycles. The lowest BCUT2D eigenvalue weighted by molar-refractivity contribution is -0.286. The highest BCUT2D eigenvalue weighted by Crippen LogP contribution is 2.52. The van der Waals surface area contributed by atoms with Crippen LogP contribution in [0.5, 0.6) is 11.5 Å². The molecule has 1 aliphatic carbocycles. The van der Waals surface area contributed by atoms with Crippen LogP contribution in [0.15, 0.2) is 36.4 Å². The molecule has 1 aromatic heterocycles. The summed E-state index contributed by atoms with van der Waals surface area (Å²) in [5, 5.41) is 6.23. The van der Waals surface area contributed by atoms with Gasteiger partial charge >= 0.3 is 6.29 Å². The third kappa shape index (κ3) is 4.60. The molecule has 1 fully saturated rings. The zero-order chi connectivity index (χ0) is 26.8. The van der Waals surface area contributed by atoms with Crippen molar-refractivity contribution in [2.45, 2.75) is 64.2 Å². The number of fused-ring (bicyclic) bond motifs is 2. The molecule has 2 aromatic carbocycles. The first-order valence-electron chi connectivity index (χ1n) is 12.1. The molecule has 2 amide bonds. The van der Waals surface area contributed by atoms with E-state index in [-0.39, 0.29) is 28.5 Å². The largest absolute Gasteiger partial charge is 0.586 e. The van der Waals surface area contributed by atoms with Gasteiger partial charge in [-0.1, -0.05) is 26.8 Å². The monoisotopic (exact) mass is 515 g/mol. The maximum absolute atomic E-state index is 15.3. The number of nitrogens with one attached hydrogen (secondary N) is 2. The van der Waals surface area contributed by atoms with E-state index >= 15 is 4.39 Å². The highest BCUT2D eigenvalue weighted by atomic mass is 19.3. The molecule has 7 nitrogen and oxygen atoms in total. The van der Waals surface area contributed by atoms with Crippen molar-refractivity contribution in [3.63, 3.8) is 0 Å². The maximum atomic E-state index is 15.3. The van der Waals surface area contributed by atoms with Gasteiger partial charge in [-0.3, -0.25) is 9.59 Å². The fraction of sp³-hybridized carbons (Fsp3) is 0.407. The van der Waals surface area contributed by atoms with Gasteiger partial charge in [0.05, 0.1) is 16.6 Å². The van der Waals surface area contributed by atoms with Crippen molar-refractivity contribution >= 4 is 28.4 Å². The van der Waals surface area contributed by atoms with Gasteiger partial charge in [-0.15, -0.1) is 8.78 Å². The predicted octanol–water partition coefficient (Wildman–Crippen LogP) is 5.21. The Morgan fingerprint density at radius 1 is 1.05 bits per heavy atom. The van der Waals surface area contributed by atoms with E-state index in [9.17, 15) is 18.4 Å². The van der Waals surface area contributed by atoms with E-state index < -0.39 is 23.4 Å². The second kappa shape index (κ2) is 8.43. The summed E-state index contributed by atoms with van der Waals surface area (Å²) in [6, 6.07) is 9.24. The van der Waals surface area contributed by atoms with Crippen molar-refractivity contribution in [3.8, 4) is 11.5 Å². The van der Waals surface area contributed by atoms with Crippen LogP contribution >= 0.6 is 0 Å². The Hall–Kier alpha value is -3.69. The summed E-state index contributed by atoms with van der Waals surface area (Å²) in [6.45, 7) is 8.45. The van der Waals surface area contributed by atoms with Crippen molar-refractivity contribution in [2.75, 3.05) is 11.9 Å². The van der Waals surface area contributed by atoms with E-state index in [0.29, 0.717) is 37.0 Å². The second-order valence-electron chi connectivity index (χ2n) is 10.7. The third-order valence-corrected chi connectivity index (χ3v) is 6.85. The molecule has 37 heavy (non-hydrogen) atoms. The number of benzene rings is 2. The van der Waals surface area contributed by atoms with Crippen LogP contribution in [0.3, 0.4) is 0 Å². The number of aromatic nitrogens is 1. The van der Waals surface area contributed by atoms with Crippen LogP contribution in [-0.2, 0) is 27.0 Å². The van der Waals surface area contributed by atoms with Crippen LogP contribution in [0.1, 0.15) is 51.8 Å². The molecule has 0 radical (unpaired) electrons. The van der Waals surface area contributed by atoms with E-state index in [0.717, 1.165) is 11.1 Å². The average molecular weight is 516 g/mol. The van der Waals surface area contributed by atoms with Gasteiger partial charge in [0.25, 0.3) is 0 Å². The molecule has 196 valence electrons. The van der Waals surface area contributed by atoms with Crippen LogP contribution in [0.2, 0.25) is 0 Å². The Kier molecular flexibility index (Phi) is 5.69. The summed E-state index contributed by atoms with van der Waals surface area (Å²) in [7, 11) is 0. The Bertz CT molecular complexity index is 1420. The number of carbonyl (C=O) groups excluding carboxylic acids is 2. The van der Waals surface area contributed by atoms with Crippen LogP contribution in [0, 0.1) is 5.82 Å². The molecular weight excluding hydrogens is 487 g/mol. The van der Waals surface area contributed by atoms with Crippen molar-refractivity contribution in [1.82, 2.24) is 9.88 Å². The lowest BCUT2D eigenvalue weighted by atomic mass is 9.92. The minimum absolute atomic E-state index is 0.0375. The maximum Gasteiger partial charge on any atom is 0.586 e. The number of anilines is 1. The van der Waals surface area contributed by atoms with Gasteiger partial charge in [-0.2, -0.15) is 0 Å². The van der Waals surface area contributed by atoms with Gasteiger partial charge in [0, 0.05) is 42.6 Å². The molecular formula is C27H28F3N3O4. The molecule has 1 aliphatic heterocycles. The van der Waals surface area contributed by atoms with Crippen molar-refractivity contribution in [1.29, 1.82) is 0 Å². The Morgan fingerprint density at radius 2 is 1.76 bits per heavy atom. The number of amides is 2. The SMILES string of the molecule is CC(=O)NCCn1c(C(C)(C)C)cc2cc(NC(=O)C3(c4ccc5c(c4)OC(F)(F)O5)CC3)c(F)cc21. The summed E-state index contributed by atoms with van der Waals surface area (Å²) in [5.41, 5.74) is 0.957. The predicted molar refractivity (Wildman–Crippen MR) is 131 cm³/mol. The van der Waals surface area contributed by atoms with Crippen molar-refractivity contribution < 1.29 is 32.2 Å². The summed E-state index contributed by atoms with van der Waals surface area (Å²) in [4.78, 5) is 24.6. The quantitative estimate of drug-likeness (QED) is 0.473. The van der Waals surface area contributed by atoms with Crippen LogP contribution in [-0.4, -0.2) is 29.2 Å². The first-order chi connectivity index (χ1) is 17.3. The molecule has 2 N–H and O–H groups in total. The smallest absolute Gasteiger partial charge is 0.395 e. The van der Waals surface area contributed by atoms with Gasteiger partial charge in [0.1, 0.15) is 5.82 Å². The average Bonchev–Trinajstić information content (AvgIpc) is 3.43. The zero-order valence-electron chi connectivity index (χ0n) is 21.0. The lowest BCUT2D eigenvalue weighted by Crippen LogP contribution is -2.28. The minimum atomic E-state index is -3.75. The Labute approximate surface area is 211 Å². The fourth-order valence-electron chi connectivity index (χ4n) is 4.85. The molecule has 0 bridgehead atoms. The van der Waals surface area contributed by atoms with Crippen molar-refractivity contribution in [2.24, 2.45) is 0 Å². The molecule has 0 saturated heterocycles. The van der Waals surface area contributed by atoms with Gasteiger partial charge < -0.3 is 24.7 Å². The summed E-state index contributed by atoms with van der Waals surface area (Å²) >= 11 is 0. The molecule has 5 rings (SSSR count). The highest BCUT2D eigenvalue weighted by Gasteiger charge is 2.53. The van der Waals surface area contributed by atoms with Crippen LogP contribution in [0.4, 0.5) is 18.9 Å². The Balaban J connectivity index is 1.43. The molecule has 2 aliphatic rings. The molecule has 0 spiro atoms.